The number of carbonyl (C=O) groups is 2. The first kappa shape index (κ1) is 14.3. The van der Waals surface area contributed by atoms with Gasteiger partial charge in [-0.2, -0.15) is 0 Å². The number of rotatable bonds is 5. The third-order valence-corrected chi connectivity index (χ3v) is 2.95. The summed E-state index contributed by atoms with van der Waals surface area (Å²) in [6.45, 7) is 1.26. The van der Waals surface area contributed by atoms with Gasteiger partial charge < -0.3 is 5.11 Å². The quantitative estimate of drug-likeness (QED) is 0.510. The van der Waals surface area contributed by atoms with Gasteiger partial charge in [0.05, 0.1) is 4.92 Å². The Balaban J connectivity index is 3.03. The number of nitrogens with zero attached hydrogens (tertiary/aromatic N) is 1. The van der Waals surface area contributed by atoms with Crippen LogP contribution in [0.3, 0.4) is 0 Å². The van der Waals surface area contributed by atoms with E-state index in [9.17, 15) is 19.7 Å². The fourth-order valence-corrected chi connectivity index (χ4v) is 1.76. The van der Waals surface area contributed by atoms with Crippen LogP contribution in [0.25, 0.3) is 0 Å². The number of Topliss-reactive ketones (excluding diaryl/α,β-unsaturated/α-hetero) is 1. The first-order valence-electron chi connectivity index (χ1n) is 5.01. The largest absolute Gasteiger partial charge is 0.481 e. The molecule has 18 heavy (non-hydrogen) atoms. The molecule has 0 bridgehead atoms. The van der Waals surface area contributed by atoms with Gasteiger partial charge in [-0.1, -0.05) is 15.9 Å². The zero-order valence-electron chi connectivity index (χ0n) is 9.42. The third kappa shape index (κ3) is 3.36. The lowest BCUT2D eigenvalue weighted by molar-refractivity contribution is -0.385. The average molecular weight is 316 g/mol. The number of halogens is 1. The highest BCUT2D eigenvalue weighted by atomic mass is 79.9. The van der Waals surface area contributed by atoms with E-state index in [0.29, 0.717) is 4.47 Å². The molecular formula is C11H10BrNO5. The highest BCUT2D eigenvalue weighted by Crippen LogP contribution is 2.24. The van der Waals surface area contributed by atoms with Crippen LogP contribution in [0.1, 0.15) is 12.5 Å². The van der Waals surface area contributed by atoms with Gasteiger partial charge in [-0.25, -0.2) is 0 Å². The third-order valence-electron chi connectivity index (χ3n) is 2.46. The maximum atomic E-state index is 11.6. The summed E-state index contributed by atoms with van der Waals surface area (Å²) in [7, 11) is 0. The molecule has 0 spiro atoms. The fourth-order valence-electron chi connectivity index (χ4n) is 1.35. The molecule has 0 amide bonds. The van der Waals surface area contributed by atoms with Crippen LogP contribution in [-0.2, 0) is 16.0 Å². The monoisotopic (exact) mass is 315 g/mol. The molecule has 1 unspecified atom stereocenters. The van der Waals surface area contributed by atoms with Gasteiger partial charge in [0.1, 0.15) is 5.92 Å². The maximum absolute atomic E-state index is 11.6. The molecule has 1 N–H and O–H groups in total. The minimum atomic E-state index is -1.24. The smallest absolute Gasteiger partial charge is 0.313 e. The Kier molecular flexibility index (Phi) is 4.55. The van der Waals surface area contributed by atoms with Gasteiger partial charge in [-0.3, -0.25) is 19.7 Å². The number of nitro benzene ring substituents is 1. The van der Waals surface area contributed by atoms with Crippen LogP contribution in [0, 0.1) is 16.0 Å². The summed E-state index contributed by atoms with van der Waals surface area (Å²) in [6, 6.07) is 4.22. The number of carboxylic acid groups (broad SMARTS) is 1. The Morgan fingerprint density at radius 2 is 2.11 bits per heavy atom. The standard InChI is InChI=1S/C11H10BrNO5/c1-6(11(15)16)10(14)5-7-4-8(12)2-3-9(7)13(17)18/h2-4,6H,5H2,1H3,(H,15,16). The average Bonchev–Trinajstić information content (AvgIpc) is 2.27. The molecule has 0 aliphatic rings. The predicted molar refractivity (Wildman–Crippen MR) is 66.3 cm³/mol. The summed E-state index contributed by atoms with van der Waals surface area (Å²) in [6.07, 6.45) is -0.275. The summed E-state index contributed by atoms with van der Waals surface area (Å²) < 4.78 is 0.596. The fraction of sp³-hybridized carbons (Fsp3) is 0.273. The van der Waals surface area contributed by atoms with Crippen LogP contribution in [0.15, 0.2) is 22.7 Å². The summed E-state index contributed by atoms with van der Waals surface area (Å²) in [5.41, 5.74) is 0.0108. The van der Waals surface area contributed by atoms with Gasteiger partial charge in [-0.15, -0.1) is 0 Å². The Morgan fingerprint density at radius 3 is 2.61 bits per heavy atom. The SMILES string of the molecule is CC(C(=O)O)C(=O)Cc1cc(Br)ccc1[N+](=O)[O-]. The second-order valence-electron chi connectivity index (χ2n) is 3.73. The minimum absolute atomic E-state index is 0.191. The van der Waals surface area contributed by atoms with E-state index in [1.165, 1.54) is 25.1 Å². The summed E-state index contributed by atoms with van der Waals surface area (Å²) in [5, 5.41) is 19.5. The second kappa shape index (κ2) is 5.72. The number of carbonyl (C=O) groups excluding carboxylic acids is 1. The van der Waals surface area contributed by atoms with Crippen molar-refractivity contribution in [3.63, 3.8) is 0 Å². The van der Waals surface area contributed by atoms with E-state index in [1.54, 1.807) is 0 Å². The zero-order chi connectivity index (χ0) is 13.9. The van der Waals surface area contributed by atoms with Crippen molar-refractivity contribution in [3.05, 3.63) is 38.3 Å². The molecule has 96 valence electrons. The van der Waals surface area contributed by atoms with E-state index in [0.717, 1.165) is 0 Å². The maximum Gasteiger partial charge on any atom is 0.313 e. The van der Waals surface area contributed by atoms with Crippen molar-refractivity contribution in [2.75, 3.05) is 0 Å². The van der Waals surface area contributed by atoms with Gasteiger partial charge in [0.15, 0.2) is 5.78 Å². The number of benzene rings is 1. The Labute approximate surface area is 111 Å². The number of hydrogen-bond acceptors (Lipinski definition) is 4. The molecule has 1 rings (SSSR count). The molecule has 0 heterocycles. The molecule has 0 fully saturated rings. The van der Waals surface area contributed by atoms with Crippen molar-refractivity contribution >= 4 is 33.4 Å². The van der Waals surface area contributed by atoms with Crippen LogP contribution in [0.4, 0.5) is 5.69 Å². The van der Waals surface area contributed by atoms with Crippen molar-refractivity contribution < 1.29 is 19.6 Å². The van der Waals surface area contributed by atoms with Crippen LogP contribution < -0.4 is 0 Å². The highest BCUT2D eigenvalue weighted by molar-refractivity contribution is 9.10. The minimum Gasteiger partial charge on any atom is -0.481 e. The van der Waals surface area contributed by atoms with E-state index >= 15 is 0 Å². The lowest BCUT2D eigenvalue weighted by Crippen LogP contribution is -2.22. The Hall–Kier alpha value is -1.76. The van der Waals surface area contributed by atoms with Crippen LogP contribution in [-0.4, -0.2) is 21.8 Å². The van der Waals surface area contributed by atoms with Crippen molar-refractivity contribution in [1.29, 1.82) is 0 Å². The second-order valence-corrected chi connectivity index (χ2v) is 4.65. The van der Waals surface area contributed by atoms with Crippen LogP contribution >= 0.6 is 15.9 Å². The molecule has 0 aliphatic carbocycles. The molecule has 1 atom stereocenters. The van der Waals surface area contributed by atoms with E-state index in [-0.39, 0.29) is 17.7 Å². The van der Waals surface area contributed by atoms with Gasteiger partial charge in [0, 0.05) is 22.5 Å². The van der Waals surface area contributed by atoms with Crippen molar-refractivity contribution in [2.45, 2.75) is 13.3 Å². The Morgan fingerprint density at radius 1 is 1.50 bits per heavy atom. The molecule has 6 nitrogen and oxygen atoms in total. The molecule has 7 heteroatoms. The van der Waals surface area contributed by atoms with E-state index in [2.05, 4.69) is 15.9 Å². The number of nitro groups is 1. The first-order chi connectivity index (χ1) is 8.32. The summed E-state index contributed by atoms with van der Waals surface area (Å²) >= 11 is 3.15. The first-order valence-corrected chi connectivity index (χ1v) is 5.80. The van der Waals surface area contributed by atoms with Crippen molar-refractivity contribution in [1.82, 2.24) is 0 Å². The van der Waals surface area contributed by atoms with Crippen molar-refractivity contribution in [3.8, 4) is 0 Å². The number of hydrogen-bond donors (Lipinski definition) is 1. The molecule has 0 aliphatic heterocycles. The lowest BCUT2D eigenvalue weighted by atomic mass is 9.99. The molecule has 0 saturated heterocycles. The zero-order valence-corrected chi connectivity index (χ0v) is 11.0. The number of carboxylic acids is 1. The Bertz CT molecular complexity index is 514. The molecule has 1 aromatic carbocycles. The van der Waals surface area contributed by atoms with Gasteiger partial charge in [0.25, 0.3) is 5.69 Å². The molecule has 0 saturated carbocycles. The lowest BCUT2D eigenvalue weighted by Gasteiger charge is -2.06. The molecular weight excluding hydrogens is 306 g/mol. The summed E-state index contributed by atoms with van der Waals surface area (Å²) in [5.74, 6) is -2.98. The molecule has 0 radical (unpaired) electrons. The molecule has 1 aromatic rings. The molecule has 0 aromatic heterocycles. The van der Waals surface area contributed by atoms with E-state index < -0.39 is 22.6 Å². The summed E-state index contributed by atoms with van der Waals surface area (Å²) in [4.78, 5) is 32.5. The predicted octanol–water partition coefficient (Wildman–Crippen LogP) is 2.19. The number of ketones is 1. The topological polar surface area (TPSA) is 97.5 Å². The van der Waals surface area contributed by atoms with Crippen molar-refractivity contribution in [2.24, 2.45) is 5.92 Å². The number of aliphatic carboxylic acids is 1. The van der Waals surface area contributed by atoms with Crippen LogP contribution in [0.2, 0.25) is 0 Å². The van der Waals surface area contributed by atoms with Gasteiger partial charge >= 0.3 is 5.97 Å². The van der Waals surface area contributed by atoms with Gasteiger partial charge in [-0.05, 0) is 19.1 Å². The normalized spacial score (nSPS) is 11.9. The highest BCUT2D eigenvalue weighted by Gasteiger charge is 2.24. The van der Waals surface area contributed by atoms with Gasteiger partial charge in [0.2, 0.25) is 0 Å². The van der Waals surface area contributed by atoms with E-state index in [1.807, 2.05) is 0 Å². The van der Waals surface area contributed by atoms with E-state index in [4.69, 9.17) is 5.11 Å². The van der Waals surface area contributed by atoms with Crippen LogP contribution in [0.5, 0.6) is 0 Å².